The minimum absolute atomic E-state index is 0.585. The first-order chi connectivity index (χ1) is 12.7. The minimum atomic E-state index is -0.914. The molecule has 0 bridgehead atoms. The van der Waals surface area contributed by atoms with Crippen molar-refractivity contribution in [3.8, 4) is 0 Å². The summed E-state index contributed by atoms with van der Waals surface area (Å²) in [5.41, 5.74) is 5.77. The second-order valence-electron chi connectivity index (χ2n) is 7.31. The normalized spacial score (nSPS) is 15.0. The molecule has 2 N–H and O–H groups in total. The van der Waals surface area contributed by atoms with Crippen molar-refractivity contribution in [1.82, 2.24) is 9.88 Å². The number of allylic oxidation sites excluding steroid dienone is 5. The van der Waals surface area contributed by atoms with Crippen LogP contribution in [0.4, 0.5) is 4.79 Å². The Balaban J connectivity index is 1.26. The molecule has 0 aromatic carbocycles. The van der Waals surface area contributed by atoms with Crippen LogP contribution < -0.4 is 5.32 Å². The van der Waals surface area contributed by atoms with E-state index in [2.05, 4.69) is 46.4 Å². The first-order valence-corrected chi connectivity index (χ1v) is 9.98. The summed E-state index contributed by atoms with van der Waals surface area (Å²) in [6.07, 6.45) is 19.1. The lowest BCUT2D eigenvalue weighted by Crippen LogP contribution is -2.21. The number of nitrogens with one attached hydrogen (secondary N) is 1. The molecule has 140 valence electrons. The van der Waals surface area contributed by atoms with Crippen LogP contribution in [0.2, 0.25) is 0 Å². The van der Waals surface area contributed by atoms with E-state index >= 15 is 0 Å². The van der Waals surface area contributed by atoms with Crippen LogP contribution in [0.5, 0.6) is 0 Å². The van der Waals surface area contributed by atoms with Gasteiger partial charge in [0.15, 0.2) is 0 Å². The SMILES string of the molecule is O=C(O)NCCCCCCCCCCC1=C2Cn3cccc3C=C2C=C1. The highest BCUT2D eigenvalue weighted by Gasteiger charge is 2.19. The molecule has 0 radical (unpaired) electrons. The van der Waals surface area contributed by atoms with Crippen molar-refractivity contribution < 1.29 is 9.90 Å². The van der Waals surface area contributed by atoms with E-state index in [0.717, 1.165) is 19.4 Å². The highest BCUT2D eigenvalue weighted by molar-refractivity contribution is 5.68. The molecule has 3 rings (SSSR count). The van der Waals surface area contributed by atoms with E-state index in [0.29, 0.717) is 6.54 Å². The van der Waals surface area contributed by atoms with Crippen LogP contribution in [0.3, 0.4) is 0 Å². The van der Waals surface area contributed by atoms with Crippen LogP contribution in [0.25, 0.3) is 6.08 Å². The molecule has 0 spiro atoms. The molecule has 4 heteroatoms. The van der Waals surface area contributed by atoms with Crippen molar-refractivity contribution in [2.24, 2.45) is 0 Å². The maximum absolute atomic E-state index is 10.3. The number of carbonyl (C=O) groups is 1. The fourth-order valence-electron chi connectivity index (χ4n) is 3.87. The third-order valence-electron chi connectivity index (χ3n) is 5.35. The van der Waals surface area contributed by atoms with Gasteiger partial charge in [-0.15, -0.1) is 0 Å². The molecule has 4 nitrogen and oxygen atoms in total. The smallest absolute Gasteiger partial charge is 0.404 e. The lowest BCUT2D eigenvalue weighted by atomic mass is 9.98. The molecular weight excluding hydrogens is 324 g/mol. The van der Waals surface area contributed by atoms with E-state index in [1.165, 1.54) is 67.4 Å². The summed E-state index contributed by atoms with van der Waals surface area (Å²) in [6.45, 7) is 1.61. The number of unbranched alkanes of at least 4 members (excludes halogenated alkanes) is 7. The molecule has 0 fully saturated rings. The molecule has 2 heterocycles. The number of aromatic nitrogens is 1. The number of rotatable bonds is 11. The van der Waals surface area contributed by atoms with Gasteiger partial charge in [-0.2, -0.15) is 0 Å². The van der Waals surface area contributed by atoms with Gasteiger partial charge < -0.3 is 15.0 Å². The average molecular weight is 354 g/mol. The highest BCUT2D eigenvalue weighted by Crippen LogP contribution is 2.34. The maximum atomic E-state index is 10.3. The van der Waals surface area contributed by atoms with Crippen molar-refractivity contribution in [2.45, 2.75) is 64.3 Å². The lowest BCUT2D eigenvalue weighted by molar-refractivity contribution is 0.194. The van der Waals surface area contributed by atoms with Crippen LogP contribution in [0.1, 0.15) is 63.5 Å². The zero-order valence-electron chi connectivity index (χ0n) is 15.5. The third kappa shape index (κ3) is 5.13. The zero-order chi connectivity index (χ0) is 18.2. The number of hydrogen-bond donors (Lipinski definition) is 2. The second kappa shape index (κ2) is 9.46. The Kier molecular flexibility index (Phi) is 6.75. The predicted molar refractivity (Wildman–Crippen MR) is 106 cm³/mol. The summed E-state index contributed by atoms with van der Waals surface area (Å²) < 4.78 is 2.33. The number of hydrogen-bond acceptors (Lipinski definition) is 1. The van der Waals surface area contributed by atoms with Gasteiger partial charge in [-0.3, -0.25) is 0 Å². The Bertz CT molecular complexity index is 709. The van der Waals surface area contributed by atoms with Crippen LogP contribution in [-0.4, -0.2) is 22.3 Å². The molecule has 26 heavy (non-hydrogen) atoms. The van der Waals surface area contributed by atoms with Gasteiger partial charge in [0, 0.05) is 25.0 Å². The molecule has 0 saturated heterocycles. The summed E-state index contributed by atoms with van der Waals surface area (Å²) in [4.78, 5) is 10.3. The van der Waals surface area contributed by atoms with Gasteiger partial charge in [0.05, 0.1) is 0 Å². The molecule has 2 aliphatic rings. The largest absolute Gasteiger partial charge is 0.465 e. The van der Waals surface area contributed by atoms with E-state index < -0.39 is 6.09 Å². The molecule has 1 aliphatic carbocycles. The molecule has 1 aromatic heterocycles. The van der Waals surface area contributed by atoms with E-state index in [1.54, 1.807) is 0 Å². The van der Waals surface area contributed by atoms with Crippen molar-refractivity contribution in [2.75, 3.05) is 6.54 Å². The standard InChI is InChI=1S/C22H30N2O2/c25-22(26)23-14-8-6-4-2-1-3-5-7-10-18-12-13-19-16-20-11-9-15-24(20)17-21(18)19/h9,11-13,15-16,23H,1-8,10,14,17H2,(H,25,26). The number of nitrogens with zero attached hydrogens (tertiary/aromatic N) is 1. The summed E-state index contributed by atoms with van der Waals surface area (Å²) in [6, 6.07) is 4.30. The Labute approximate surface area is 156 Å². The molecular formula is C22H30N2O2. The monoisotopic (exact) mass is 354 g/mol. The molecule has 0 unspecified atom stereocenters. The molecule has 0 saturated carbocycles. The van der Waals surface area contributed by atoms with Crippen molar-refractivity contribution in [3.63, 3.8) is 0 Å². The van der Waals surface area contributed by atoms with E-state index in [9.17, 15) is 4.79 Å². The Hall–Kier alpha value is -2.23. The van der Waals surface area contributed by atoms with Crippen LogP contribution in [0.15, 0.2) is 47.2 Å². The summed E-state index contributed by atoms with van der Waals surface area (Å²) >= 11 is 0. The lowest BCUT2D eigenvalue weighted by Gasteiger charge is -2.17. The summed E-state index contributed by atoms with van der Waals surface area (Å²) in [5.74, 6) is 0. The quantitative estimate of drug-likeness (QED) is 0.513. The van der Waals surface area contributed by atoms with Crippen LogP contribution in [-0.2, 0) is 6.54 Å². The molecule has 1 aromatic rings. The topological polar surface area (TPSA) is 54.3 Å². The van der Waals surface area contributed by atoms with Gasteiger partial charge in [0.1, 0.15) is 0 Å². The number of amides is 1. The van der Waals surface area contributed by atoms with Gasteiger partial charge in [0.25, 0.3) is 0 Å². The van der Waals surface area contributed by atoms with Crippen LogP contribution >= 0.6 is 0 Å². The molecule has 1 amide bonds. The zero-order valence-corrected chi connectivity index (χ0v) is 15.5. The summed E-state index contributed by atoms with van der Waals surface area (Å²) in [7, 11) is 0. The number of fused-ring (bicyclic) bond motifs is 2. The first kappa shape index (κ1) is 18.6. The van der Waals surface area contributed by atoms with Gasteiger partial charge in [0.2, 0.25) is 0 Å². The predicted octanol–water partition coefficient (Wildman–Crippen LogP) is 5.53. The van der Waals surface area contributed by atoms with Crippen molar-refractivity contribution in [3.05, 3.63) is 52.9 Å². The first-order valence-electron chi connectivity index (χ1n) is 9.98. The van der Waals surface area contributed by atoms with E-state index in [-0.39, 0.29) is 0 Å². The van der Waals surface area contributed by atoms with Crippen molar-refractivity contribution >= 4 is 12.2 Å². The highest BCUT2D eigenvalue weighted by atomic mass is 16.4. The average Bonchev–Trinajstić information content (AvgIpc) is 3.23. The Morgan fingerprint density at radius 2 is 1.77 bits per heavy atom. The molecule has 1 aliphatic heterocycles. The number of carboxylic acid groups (broad SMARTS) is 1. The van der Waals surface area contributed by atoms with E-state index in [4.69, 9.17) is 5.11 Å². The van der Waals surface area contributed by atoms with E-state index in [1.807, 2.05) is 0 Å². The Morgan fingerprint density at radius 1 is 1.04 bits per heavy atom. The fourth-order valence-corrected chi connectivity index (χ4v) is 3.87. The third-order valence-corrected chi connectivity index (χ3v) is 5.35. The molecule has 0 atom stereocenters. The van der Waals surface area contributed by atoms with Gasteiger partial charge in [-0.25, -0.2) is 4.79 Å². The Morgan fingerprint density at radius 3 is 2.54 bits per heavy atom. The minimum Gasteiger partial charge on any atom is -0.465 e. The summed E-state index contributed by atoms with van der Waals surface area (Å²) in [5, 5.41) is 10.9. The van der Waals surface area contributed by atoms with Gasteiger partial charge >= 0.3 is 6.09 Å². The van der Waals surface area contributed by atoms with Crippen molar-refractivity contribution in [1.29, 1.82) is 0 Å². The van der Waals surface area contributed by atoms with Gasteiger partial charge in [-0.1, -0.05) is 50.7 Å². The van der Waals surface area contributed by atoms with Crippen LogP contribution in [0, 0.1) is 0 Å². The fraction of sp³-hybridized carbons (Fsp3) is 0.500. The maximum Gasteiger partial charge on any atom is 0.404 e. The van der Waals surface area contributed by atoms with Gasteiger partial charge in [-0.05, 0) is 54.2 Å². The second-order valence-corrected chi connectivity index (χ2v) is 7.31.